The number of likely N-dealkylation sites (N-methyl/N-ethyl adjacent to an activating group) is 1. The molecule has 1 aromatic carbocycles. The van der Waals surface area contributed by atoms with E-state index in [1.807, 2.05) is 46.6 Å². The first-order valence-electron chi connectivity index (χ1n) is 31.0. The van der Waals surface area contributed by atoms with Crippen LogP contribution >= 0.6 is 32.9 Å². The fourth-order valence-electron chi connectivity index (χ4n) is 10.00. The summed E-state index contributed by atoms with van der Waals surface area (Å²) in [5.74, 6) is -8.33. The number of ether oxygens (including phenoxy) is 3. The number of rotatable bonds is 41. The Morgan fingerprint density at radius 3 is 2.15 bits per heavy atom. The zero-order valence-electron chi connectivity index (χ0n) is 53.9. The molecule has 13 atom stereocenters. The van der Waals surface area contributed by atoms with Gasteiger partial charge in [0, 0.05) is 85.9 Å². The quantitative estimate of drug-likeness (QED) is 0.0114. The molecule has 1 unspecified atom stereocenters. The van der Waals surface area contributed by atoms with Crippen LogP contribution in [0.3, 0.4) is 0 Å². The number of carboxylic acids is 1. The summed E-state index contributed by atoms with van der Waals surface area (Å²) in [4.78, 5) is 140. The monoisotopic (exact) mass is 1360 g/mol. The third-order valence-corrected chi connectivity index (χ3v) is 19.1. The van der Waals surface area contributed by atoms with Crippen molar-refractivity contribution in [2.24, 2.45) is 29.6 Å². The Bertz CT molecular complexity index is 2690. The van der Waals surface area contributed by atoms with E-state index in [1.54, 1.807) is 19.1 Å². The van der Waals surface area contributed by atoms with Crippen molar-refractivity contribution in [3.05, 3.63) is 45.9 Å². The lowest BCUT2D eigenvalue weighted by Crippen LogP contribution is -2.50. The fraction of sp³-hybridized carbons (Fsp3) is 0.689. The predicted octanol–water partition coefficient (Wildman–Crippen LogP) is 3.15. The molecule has 0 bridgehead atoms. The van der Waals surface area contributed by atoms with E-state index in [0.717, 1.165) is 52.3 Å². The van der Waals surface area contributed by atoms with Gasteiger partial charge in [0.2, 0.25) is 23.6 Å². The van der Waals surface area contributed by atoms with Crippen LogP contribution < -0.4 is 26.8 Å². The summed E-state index contributed by atoms with van der Waals surface area (Å²) in [6.45, 7) is 12.5. The highest BCUT2D eigenvalue weighted by Gasteiger charge is 2.40. The third kappa shape index (κ3) is 27.8. The minimum absolute atomic E-state index is 0.00512. The molecule has 2 aromatic rings. The molecule has 1 aliphatic rings. The molecule has 3 rings (SSSR count). The molecule has 28 nitrogen and oxygen atoms in total. The maximum atomic E-state index is 15.0. The van der Waals surface area contributed by atoms with Crippen LogP contribution in [0.25, 0.3) is 0 Å². The summed E-state index contributed by atoms with van der Waals surface area (Å²) in [5.41, 5.74) is 5.13. The second-order valence-corrected chi connectivity index (χ2v) is 27.1. The molecule has 0 aliphatic carbocycles. The van der Waals surface area contributed by atoms with Gasteiger partial charge in [-0.1, -0.05) is 95.0 Å². The summed E-state index contributed by atoms with van der Waals surface area (Å²) in [6, 6.07) is 3.13. The van der Waals surface area contributed by atoms with E-state index in [1.165, 1.54) is 36.3 Å². The number of thiazole rings is 1. The van der Waals surface area contributed by atoms with Crippen LogP contribution in [0.4, 0.5) is 4.79 Å². The Morgan fingerprint density at radius 2 is 1.53 bits per heavy atom. The summed E-state index contributed by atoms with van der Waals surface area (Å²) in [7, 11) is 4.12. The number of aliphatic hydroxyl groups is 5. The SMILES string of the molecule is CCCC(=O)OCN(C(=O)[C@@H](CC(=O)[C@H]1CCCCN1C)C(C)CC)[C@H](C[C@@H](OC(C)=O)c1nc(C(=O)N[C@@H](Cc2ccc(O)cc2)C[C@H](C)C(=O)NNC(=O)OCCSSC[C@H](NC(=O)[C@@H](C)CCC(=O)NC[C@H](O)[C@@H](O)[C@H](O)[C@H](O)CO)C(=O)O)cs1)C(C)C. The summed E-state index contributed by atoms with van der Waals surface area (Å²) in [5, 5.41) is 77.1. The van der Waals surface area contributed by atoms with Gasteiger partial charge in [-0.3, -0.25) is 48.7 Å². The van der Waals surface area contributed by atoms with Crippen LogP contribution in [0.2, 0.25) is 0 Å². The Kier molecular flexibility index (Phi) is 36.1. The van der Waals surface area contributed by atoms with Crippen LogP contribution in [-0.4, -0.2) is 210 Å². The highest BCUT2D eigenvalue weighted by Crippen LogP contribution is 2.34. The van der Waals surface area contributed by atoms with Crippen LogP contribution in [0.5, 0.6) is 5.75 Å². The number of Topliss-reactive ketones (excluding diaryl/α,β-unsaturated/α-hetero) is 1. The zero-order chi connectivity index (χ0) is 68.8. The molecule has 1 fully saturated rings. The van der Waals surface area contributed by atoms with Crippen molar-refractivity contribution in [1.29, 1.82) is 0 Å². The molecule has 0 saturated carbocycles. The number of phenolic OH excluding ortho intramolecular Hbond substituents is 1. The number of carboxylic acid groups (broad SMARTS) is 1. The van der Waals surface area contributed by atoms with Gasteiger partial charge in [-0.2, -0.15) is 0 Å². The van der Waals surface area contributed by atoms with E-state index in [9.17, 15) is 73.8 Å². The lowest BCUT2D eigenvalue weighted by Gasteiger charge is -2.39. The van der Waals surface area contributed by atoms with E-state index in [-0.39, 0.29) is 109 Å². The molecule has 1 saturated heterocycles. The van der Waals surface area contributed by atoms with Gasteiger partial charge in [0.1, 0.15) is 47.4 Å². The Hall–Kier alpha value is -6.19. The number of hydrogen-bond donors (Lipinski definition) is 12. The van der Waals surface area contributed by atoms with Gasteiger partial charge in [0.25, 0.3) is 5.91 Å². The van der Waals surface area contributed by atoms with Crippen LogP contribution in [0, 0.1) is 29.6 Å². The van der Waals surface area contributed by atoms with Crippen molar-refractivity contribution >= 4 is 92.2 Å². The van der Waals surface area contributed by atoms with E-state index in [0.29, 0.717) is 24.8 Å². The second-order valence-electron chi connectivity index (χ2n) is 23.6. The van der Waals surface area contributed by atoms with Crippen molar-refractivity contribution < 1.29 is 97.9 Å². The van der Waals surface area contributed by atoms with E-state index in [4.69, 9.17) is 19.3 Å². The number of likely N-dealkylation sites (tertiary alicyclic amines) is 1. The minimum atomic E-state index is -1.88. The number of aromatic nitrogens is 1. The number of hydrogen-bond acceptors (Lipinski definition) is 24. The first-order chi connectivity index (χ1) is 43.5. The normalized spacial score (nSPS) is 17.3. The van der Waals surface area contributed by atoms with E-state index in [2.05, 4.69) is 31.8 Å². The number of phenols is 1. The van der Waals surface area contributed by atoms with Gasteiger partial charge in [-0.05, 0) is 81.6 Å². The number of ketones is 1. The Morgan fingerprint density at radius 1 is 0.848 bits per heavy atom. The number of carbonyl (C=O) groups excluding carboxylic acids is 9. The maximum Gasteiger partial charge on any atom is 0.426 e. The first kappa shape index (κ1) is 80.0. The molecule has 1 aliphatic heterocycles. The topological polar surface area (TPSA) is 420 Å². The molecule has 0 radical (unpaired) electrons. The van der Waals surface area contributed by atoms with Gasteiger partial charge < -0.3 is 70.8 Å². The molecule has 0 spiro atoms. The van der Waals surface area contributed by atoms with Gasteiger partial charge in [-0.15, -0.1) is 11.3 Å². The Balaban J connectivity index is 1.64. The molecule has 518 valence electrons. The maximum absolute atomic E-state index is 15.0. The van der Waals surface area contributed by atoms with Crippen molar-refractivity contribution in [1.82, 2.24) is 41.6 Å². The zero-order valence-corrected chi connectivity index (χ0v) is 56.4. The molecule has 1 aromatic heterocycles. The summed E-state index contributed by atoms with van der Waals surface area (Å²) >= 11 is 1.05. The number of piperidine rings is 1. The lowest BCUT2D eigenvalue weighted by molar-refractivity contribution is -0.162. The molecule has 6 amide bonds. The highest BCUT2D eigenvalue weighted by atomic mass is 33.1. The number of aliphatic hydroxyl groups excluding tert-OH is 5. The van der Waals surface area contributed by atoms with E-state index >= 15 is 4.79 Å². The Labute approximate surface area is 549 Å². The van der Waals surface area contributed by atoms with Gasteiger partial charge >= 0.3 is 24.0 Å². The summed E-state index contributed by atoms with van der Waals surface area (Å²) < 4.78 is 16.8. The average Bonchev–Trinajstić information content (AvgIpc) is 1.26. The molecule has 12 N–H and O–H groups in total. The second kappa shape index (κ2) is 41.5. The number of carbonyl (C=O) groups is 10. The van der Waals surface area contributed by atoms with Crippen LogP contribution in [-0.2, 0) is 59.0 Å². The minimum Gasteiger partial charge on any atom is -0.508 e. The van der Waals surface area contributed by atoms with E-state index < -0.39 is 134 Å². The standard InChI is InChI=1S/C61H96N8O20S3/c1-10-14-52(77)88-33-69(59(83)42(35(5)11-2)27-47(73)45-15-12-13-22-68(45)9)46(34(3)4)28-50(89-38(8)71)58-65-43(31-90-58)57(82)63-40(26-39-17-19-41(72)20-18-39)25-37(7)56(81)66-67-61(86)87-23-24-91-92-32-44(60(84)85)64-55(80)36(6)16-21-51(76)62-29-48(74)53(78)54(79)49(75)30-70/h17-20,31,34-37,40,42,44-46,48-50,53-54,70,72,74-75,78-79H,10-16,21-30,32-33H2,1-9H3,(H,62,76)(H,63,82)(H,64,80)(H,66,81)(H,67,86)(H,84,85)/t35?,36-,37-,40+,42-,44-,45+,46+,48-,49+,50+,53+,54+/m0/s1. The third-order valence-electron chi connectivity index (χ3n) is 15.8. The molecular weight excluding hydrogens is 1260 g/mol. The lowest BCUT2D eigenvalue weighted by atomic mass is 9.82. The largest absolute Gasteiger partial charge is 0.508 e. The molecular formula is C61H96N8O20S3. The van der Waals surface area contributed by atoms with Crippen molar-refractivity contribution in [3.8, 4) is 5.75 Å². The van der Waals surface area contributed by atoms with Crippen molar-refractivity contribution in [3.63, 3.8) is 0 Å². The number of aliphatic carboxylic acids is 1. The number of nitrogens with one attached hydrogen (secondary N) is 5. The molecule has 31 heteroatoms. The fourth-order valence-corrected chi connectivity index (χ4v) is 12.8. The number of esters is 2. The summed E-state index contributed by atoms with van der Waals surface area (Å²) in [6.07, 6.45) is -5.52. The van der Waals surface area contributed by atoms with Gasteiger partial charge in [0.05, 0.1) is 18.8 Å². The number of nitrogens with zero attached hydrogens (tertiary/aromatic N) is 3. The smallest absolute Gasteiger partial charge is 0.426 e. The van der Waals surface area contributed by atoms with Crippen LogP contribution in [0.15, 0.2) is 29.6 Å². The highest BCUT2D eigenvalue weighted by molar-refractivity contribution is 8.76. The predicted molar refractivity (Wildman–Crippen MR) is 342 cm³/mol. The number of hydrazine groups is 1. The van der Waals surface area contributed by atoms with Crippen molar-refractivity contribution in [2.75, 3.05) is 51.6 Å². The average molecular weight is 1360 g/mol. The first-order valence-corrected chi connectivity index (χ1v) is 34.4. The molecule has 92 heavy (non-hydrogen) atoms. The van der Waals surface area contributed by atoms with Gasteiger partial charge in [-0.25, -0.2) is 20.0 Å². The van der Waals surface area contributed by atoms with Crippen LogP contribution in [0.1, 0.15) is 153 Å². The molecule has 2 heterocycles. The number of aromatic hydroxyl groups is 1. The number of benzene rings is 1. The van der Waals surface area contributed by atoms with Gasteiger partial charge in [0.15, 0.2) is 18.6 Å². The number of amides is 6. The van der Waals surface area contributed by atoms with Crippen molar-refractivity contribution in [2.45, 2.75) is 187 Å².